The molecule has 0 amide bonds. The lowest BCUT2D eigenvalue weighted by atomic mass is 10.3. The van der Waals surface area contributed by atoms with Crippen LogP contribution in [0.5, 0.6) is 11.6 Å². The van der Waals surface area contributed by atoms with E-state index in [0.29, 0.717) is 16.3 Å². The van der Waals surface area contributed by atoms with Crippen molar-refractivity contribution in [3.8, 4) is 11.6 Å². The van der Waals surface area contributed by atoms with Crippen LogP contribution in [0.1, 0.15) is 0 Å². The van der Waals surface area contributed by atoms with Crippen molar-refractivity contribution in [1.29, 1.82) is 0 Å². The van der Waals surface area contributed by atoms with Crippen molar-refractivity contribution in [1.82, 2.24) is 9.55 Å². The van der Waals surface area contributed by atoms with E-state index in [2.05, 4.69) is 4.98 Å². The van der Waals surface area contributed by atoms with E-state index in [1.54, 1.807) is 31.3 Å². The lowest BCUT2D eigenvalue weighted by Gasteiger charge is -2.08. The molecule has 1 aromatic heterocycles. The topological polar surface area (TPSA) is 44.1 Å². The average Bonchev–Trinajstić information content (AvgIpc) is 2.47. The van der Waals surface area contributed by atoms with Gasteiger partial charge in [0.15, 0.2) is 0 Å². The first-order valence-electron chi connectivity index (χ1n) is 6.04. The van der Waals surface area contributed by atoms with Gasteiger partial charge in [-0.25, -0.2) is 4.98 Å². The van der Waals surface area contributed by atoms with Crippen LogP contribution >= 0.6 is 11.6 Å². The Morgan fingerprint density at radius 1 is 1.10 bits per heavy atom. The number of benzene rings is 2. The molecule has 4 nitrogen and oxygen atoms in total. The van der Waals surface area contributed by atoms with E-state index < -0.39 is 0 Å². The van der Waals surface area contributed by atoms with E-state index >= 15 is 0 Å². The Hall–Kier alpha value is -2.33. The first kappa shape index (κ1) is 12.7. The van der Waals surface area contributed by atoms with Gasteiger partial charge in [-0.1, -0.05) is 23.7 Å². The molecule has 0 aliphatic carbocycles. The number of fused-ring (bicyclic) bond motifs is 1. The largest absolute Gasteiger partial charge is 0.435 e. The van der Waals surface area contributed by atoms with Crippen molar-refractivity contribution in [3.05, 3.63) is 63.9 Å². The Kier molecular flexibility index (Phi) is 3.16. The fraction of sp³-hybridized carbons (Fsp3) is 0.0667. The van der Waals surface area contributed by atoms with Crippen molar-refractivity contribution in [2.45, 2.75) is 0 Å². The van der Waals surface area contributed by atoms with E-state index in [1.807, 2.05) is 24.3 Å². The molecule has 1 heterocycles. The van der Waals surface area contributed by atoms with E-state index in [-0.39, 0.29) is 11.4 Å². The normalized spacial score (nSPS) is 10.7. The molecule has 2 aromatic carbocycles. The highest BCUT2D eigenvalue weighted by atomic mass is 35.5. The predicted molar refractivity (Wildman–Crippen MR) is 78.5 cm³/mol. The van der Waals surface area contributed by atoms with Crippen LogP contribution in [0.25, 0.3) is 11.0 Å². The molecule has 0 bridgehead atoms. The molecule has 3 rings (SSSR count). The summed E-state index contributed by atoms with van der Waals surface area (Å²) >= 11 is 5.81. The minimum Gasteiger partial charge on any atom is -0.435 e. The van der Waals surface area contributed by atoms with Crippen molar-refractivity contribution in [3.63, 3.8) is 0 Å². The van der Waals surface area contributed by atoms with Gasteiger partial charge in [-0.3, -0.25) is 4.79 Å². The predicted octanol–water partition coefficient (Wildman–Crippen LogP) is 3.38. The summed E-state index contributed by atoms with van der Waals surface area (Å²) in [7, 11) is 1.70. The number of para-hydroxylation sites is 2. The standard InChI is InChI=1S/C15H11ClN2O2/c1-18-13-5-3-2-4-12(13)17-14(15(18)19)20-11-8-6-10(16)7-9-11/h2-9H,1H3. The summed E-state index contributed by atoms with van der Waals surface area (Å²) in [6.07, 6.45) is 0. The molecular weight excluding hydrogens is 276 g/mol. The van der Waals surface area contributed by atoms with E-state index in [1.165, 1.54) is 4.57 Å². The molecule has 5 heteroatoms. The van der Waals surface area contributed by atoms with Crippen molar-refractivity contribution in [2.24, 2.45) is 7.05 Å². The van der Waals surface area contributed by atoms with Gasteiger partial charge in [-0.05, 0) is 36.4 Å². The molecule has 0 fully saturated rings. The Morgan fingerprint density at radius 3 is 2.55 bits per heavy atom. The number of hydrogen-bond acceptors (Lipinski definition) is 3. The third-order valence-electron chi connectivity index (χ3n) is 2.98. The fourth-order valence-corrected chi connectivity index (χ4v) is 2.06. The van der Waals surface area contributed by atoms with E-state index in [9.17, 15) is 4.79 Å². The minimum atomic E-state index is -0.279. The summed E-state index contributed by atoms with van der Waals surface area (Å²) in [6, 6.07) is 14.2. The van der Waals surface area contributed by atoms with Crippen molar-refractivity contribution < 1.29 is 4.74 Å². The number of aryl methyl sites for hydroxylation is 1. The molecule has 0 aliphatic heterocycles. The zero-order chi connectivity index (χ0) is 14.1. The second-order valence-corrected chi connectivity index (χ2v) is 4.76. The summed E-state index contributed by atoms with van der Waals surface area (Å²) in [4.78, 5) is 16.5. The van der Waals surface area contributed by atoms with E-state index in [0.717, 1.165) is 5.52 Å². The fourth-order valence-electron chi connectivity index (χ4n) is 1.93. The first-order chi connectivity index (χ1) is 9.65. The number of aromatic nitrogens is 2. The molecule has 0 radical (unpaired) electrons. The second-order valence-electron chi connectivity index (χ2n) is 4.33. The SMILES string of the molecule is Cn1c(=O)c(Oc2ccc(Cl)cc2)nc2ccccc21. The molecule has 0 aliphatic rings. The van der Waals surface area contributed by atoms with Gasteiger partial charge in [-0.2, -0.15) is 0 Å². The second kappa shape index (κ2) is 4.98. The quantitative estimate of drug-likeness (QED) is 0.725. The van der Waals surface area contributed by atoms with Gasteiger partial charge < -0.3 is 9.30 Å². The molecule has 0 N–H and O–H groups in total. The first-order valence-corrected chi connectivity index (χ1v) is 6.42. The third-order valence-corrected chi connectivity index (χ3v) is 3.23. The maximum atomic E-state index is 12.2. The summed E-state index contributed by atoms with van der Waals surface area (Å²) in [5.41, 5.74) is 1.19. The van der Waals surface area contributed by atoms with Gasteiger partial charge in [-0.15, -0.1) is 0 Å². The van der Waals surface area contributed by atoms with Gasteiger partial charge in [0.1, 0.15) is 5.75 Å². The zero-order valence-corrected chi connectivity index (χ0v) is 11.5. The van der Waals surface area contributed by atoms with Crippen molar-refractivity contribution >= 4 is 22.6 Å². The molecule has 0 saturated carbocycles. The average molecular weight is 287 g/mol. The summed E-state index contributed by atoms with van der Waals surface area (Å²) in [5.74, 6) is 0.572. The van der Waals surface area contributed by atoms with Crippen LogP contribution in [0.2, 0.25) is 5.02 Å². The highest BCUT2D eigenvalue weighted by Crippen LogP contribution is 2.20. The Morgan fingerprint density at radius 2 is 1.80 bits per heavy atom. The lowest BCUT2D eigenvalue weighted by Crippen LogP contribution is -2.19. The maximum absolute atomic E-state index is 12.2. The van der Waals surface area contributed by atoms with Crippen LogP contribution in [-0.2, 0) is 7.05 Å². The van der Waals surface area contributed by atoms with E-state index in [4.69, 9.17) is 16.3 Å². The highest BCUT2D eigenvalue weighted by molar-refractivity contribution is 6.30. The van der Waals surface area contributed by atoms with Crippen LogP contribution in [0.3, 0.4) is 0 Å². The Labute approximate surface area is 120 Å². The molecule has 0 unspecified atom stereocenters. The minimum absolute atomic E-state index is 0.0496. The molecular formula is C15H11ClN2O2. The van der Waals surface area contributed by atoms with Gasteiger partial charge in [0.05, 0.1) is 11.0 Å². The van der Waals surface area contributed by atoms with Gasteiger partial charge in [0.2, 0.25) is 0 Å². The molecule has 0 saturated heterocycles. The number of hydrogen-bond donors (Lipinski definition) is 0. The smallest absolute Gasteiger partial charge is 0.313 e. The monoisotopic (exact) mass is 286 g/mol. The van der Waals surface area contributed by atoms with Crippen LogP contribution in [0.15, 0.2) is 53.3 Å². The molecule has 0 atom stereocenters. The van der Waals surface area contributed by atoms with Crippen LogP contribution in [0.4, 0.5) is 0 Å². The Bertz CT molecular complexity index is 825. The molecule has 20 heavy (non-hydrogen) atoms. The van der Waals surface area contributed by atoms with Crippen molar-refractivity contribution in [2.75, 3.05) is 0 Å². The number of ether oxygens (including phenoxy) is 1. The number of nitrogens with zero attached hydrogens (tertiary/aromatic N) is 2. The lowest BCUT2D eigenvalue weighted by molar-refractivity contribution is 0.452. The number of halogens is 1. The highest BCUT2D eigenvalue weighted by Gasteiger charge is 2.10. The van der Waals surface area contributed by atoms with Gasteiger partial charge >= 0.3 is 5.56 Å². The zero-order valence-electron chi connectivity index (χ0n) is 10.7. The van der Waals surface area contributed by atoms with Gasteiger partial charge in [0.25, 0.3) is 5.88 Å². The molecule has 100 valence electrons. The molecule has 3 aromatic rings. The Balaban J connectivity index is 2.10. The van der Waals surface area contributed by atoms with Crippen LogP contribution in [0, 0.1) is 0 Å². The molecule has 0 spiro atoms. The third kappa shape index (κ3) is 2.26. The summed E-state index contributed by atoms with van der Waals surface area (Å²) in [5, 5.41) is 0.608. The summed E-state index contributed by atoms with van der Waals surface area (Å²) < 4.78 is 7.07. The van der Waals surface area contributed by atoms with Crippen LogP contribution < -0.4 is 10.3 Å². The van der Waals surface area contributed by atoms with Crippen LogP contribution in [-0.4, -0.2) is 9.55 Å². The maximum Gasteiger partial charge on any atom is 0.313 e. The number of rotatable bonds is 2. The summed E-state index contributed by atoms with van der Waals surface area (Å²) in [6.45, 7) is 0. The van der Waals surface area contributed by atoms with Gasteiger partial charge in [0, 0.05) is 12.1 Å².